The van der Waals surface area contributed by atoms with Crippen LogP contribution >= 0.6 is 0 Å². The van der Waals surface area contributed by atoms with Gasteiger partial charge in [0, 0.05) is 30.9 Å². The SMILES string of the molecule is CCN(c1ccc(C(=O)Nc2ccc(OC3CCN(C)CC3)cc2)cc1)S(=O)(=O)CC. The molecule has 0 aromatic heterocycles. The first-order chi connectivity index (χ1) is 14.8. The number of piperidine rings is 1. The van der Waals surface area contributed by atoms with E-state index in [1.165, 1.54) is 4.31 Å². The summed E-state index contributed by atoms with van der Waals surface area (Å²) in [5.74, 6) is 0.575. The number of anilines is 2. The molecule has 2 aromatic carbocycles. The largest absolute Gasteiger partial charge is 0.490 e. The summed E-state index contributed by atoms with van der Waals surface area (Å²) in [6.07, 6.45) is 2.26. The zero-order valence-electron chi connectivity index (χ0n) is 18.4. The van der Waals surface area contributed by atoms with Gasteiger partial charge in [0.15, 0.2) is 0 Å². The maximum absolute atomic E-state index is 12.6. The highest BCUT2D eigenvalue weighted by Gasteiger charge is 2.19. The summed E-state index contributed by atoms with van der Waals surface area (Å²) in [5.41, 5.74) is 1.69. The van der Waals surface area contributed by atoms with Crippen molar-refractivity contribution in [3.8, 4) is 5.75 Å². The van der Waals surface area contributed by atoms with Crippen molar-refractivity contribution in [3.05, 3.63) is 54.1 Å². The Morgan fingerprint density at radius 2 is 1.68 bits per heavy atom. The molecule has 0 spiro atoms. The van der Waals surface area contributed by atoms with E-state index in [0.29, 0.717) is 23.5 Å². The molecule has 0 atom stereocenters. The van der Waals surface area contributed by atoms with Gasteiger partial charge in [-0.2, -0.15) is 0 Å². The van der Waals surface area contributed by atoms with Gasteiger partial charge in [0.25, 0.3) is 5.91 Å². The monoisotopic (exact) mass is 445 g/mol. The van der Waals surface area contributed by atoms with Crippen LogP contribution in [0, 0.1) is 0 Å². The second kappa shape index (κ2) is 10.2. The highest BCUT2D eigenvalue weighted by Crippen LogP contribution is 2.22. The van der Waals surface area contributed by atoms with E-state index in [-0.39, 0.29) is 17.8 Å². The topological polar surface area (TPSA) is 79.0 Å². The fraction of sp³-hybridized carbons (Fsp3) is 0.435. The Balaban J connectivity index is 1.59. The van der Waals surface area contributed by atoms with Gasteiger partial charge in [-0.1, -0.05) is 0 Å². The van der Waals surface area contributed by atoms with E-state index in [0.717, 1.165) is 31.7 Å². The lowest BCUT2D eigenvalue weighted by Crippen LogP contribution is -2.35. The Labute approximate surface area is 185 Å². The predicted molar refractivity (Wildman–Crippen MR) is 124 cm³/mol. The molecule has 1 fully saturated rings. The number of nitrogens with zero attached hydrogens (tertiary/aromatic N) is 2. The van der Waals surface area contributed by atoms with E-state index in [9.17, 15) is 13.2 Å². The molecule has 1 aliphatic heterocycles. The molecule has 31 heavy (non-hydrogen) atoms. The summed E-state index contributed by atoms with van der Waals surface area (Å²) in [6, 6.07) is 14.0. The first-order valence-corrected chi connectivity index (χ1v) is 12.3. The van der Waals surface area contributed by atoms with Crippen LogP contribution in [0.25, 0.3) is 0 Å². The molecule has 1 saturated heterocycles. The number of ether oxygens (including phenoxy) is 1. The number of hydrogen-bond donors (Lipinski definition) is 1. The predicted octanol–water partition coefficient (Wildman–Crippen LogP) is 3.59. The molecular weight excluding hydrogens is 414 g/mol. The molecule has 7 nitrogen and oxygen atoms in total. The smallest absolute Gasteiger partial charge is 0.255 e. The Bertz CT molecular complexity index is 967. The van der Waals surface area contributed by atoms with Gasteiger partial charge >= 0.3 is 0 Å². The van der Waals surface area contributed by atoms with Gasteiger partial charge in [0.2, 0.25) is 10.0 Å². The zero-order chi connectivity index (χ0) is 22.4. The van der Waals surface area contributed by atoms with Crippen molar-refractivity contribution < 1.29 is 17.9 Å². The van der Waals surface area contributed by atoms with E-state index in [1.54, 1.807) is 38.1 Å². The van der Waals surface area contributed by atoms with Crippen LogP contribution in [-0.4, -0.2) is 57.8 Å². The van der Waals surface area contributed by atoms with Crippen LogP contribution in [0.2, 0.25) is 0 Å². The van der Waals surface area contributed by atoms with Gasteiger partial charge in [0.05, 0.1) is 11.4 Å². The van der Waals surface area contributed by atoms with Crippen molar-refractivity contribution in [2.75, 3.05) is 42.1 Å². The summed E-state index contributed by atoms with van der Waals surface area (Å²) >= 11 is 0. The van der Waals surface area contributed by atoms with Crippen LogP contribution in [0.4, 0.5) is 11.4 Å². The summed E-state index contributed by atoms with van der Waals surface area (Å²) in [5, 5.41) is 2.87. The van der Waals surface area contributed by atoms with E-state index >= 15 is 0 Å². The fourth-order valence-electron chi connectivity index (χ4n) is 3.59. The number of likely N-dealkylation sites (tertiary alicyclic amines) is 1. The Morgan fingerprint density at radius 3 is 2.23 bits per heavy atom. The molecule has 3 rings (SSSR count). The van der Waals surface area contributed by atoms with Crippen molar-refractivity contribution >= 4 is 27.3 Å². The number of hydrogen-bond acceptors (Lipinski definition) is 5. The van der Waals surface area contributed by atoms with Crippen molar-refractivity contribution in [2.24, 2.45) is 0 Å². The number of carbonyl (C=O) groups is 1. The third-order valence-corrected chi connectivity index (χ3v) is 7.36. The lowest BCUT2D eigenvalue weighted by atomic mass is 10.1. The first-order valence-electron chi connectivity index (χ1n) is 10.7. The highest BCUT2D eigenvalue weighted by atomic mass is 32.2. The fourth-order valence-corrected chi connectivity index (χ4v) is 4.74. The molecule has 8 heteroatoms. The van der Waals surface area contributed by atoms with Crippen molar-refractivity contribution in [1.82, 2.24) is 4.90 Å². The average molecular weight is 446 g/mol. The van der Waals surface area contributed by atoms with Crippen LogP contribution in [0.5, 0.6) is 5.75 Å². The lowest BCUT2D eigenvalue weighted by Gasteiger charge is -2.29. The molecular formula is C23H31N3O4S. The number of rotatable bonds is 8. The van der Waals surface area contributed by atoms with Crippen LogP contribution in [0.1, 0.15) is 37.0 Å². The lowest BCUT2D eigenvalue weighted by molar-refractivity contribution is 0.102. The highest BCUT2D eigenvalue weighted by molar-refractivity contribution is 7.92. The molecule has 0 radical (unpaired) electrons. The molecule has 1 amide bonds. The first kappa shape index (κ1) is 23.1. The second-order valence-electron chi connectivity index (χ2n) is 7.71. The van der Waals surface area contributed by atoms with Gasteiger partial charge in [-0.25, -0.2) is 8.42 Å². The number of carbonyl (C=O) groups excluding carboxylic acids is 1. The molecule has 1 N–H and O–H groups in total. The third kappa shape index (κ3) is 5.98. The van der Waals surface area contributed by atoms with E-state index in [2.05, 4.69) is 17.3 Å². The van der Waals surface area contributed by atoms with Crippen LogP contribution in [0.15, 0.2) is 48.5 Å². The molecule has 168 valence electrons. The van der Waals surface area contributed by atoms with Gasteiger partial charge < -0.3 is 15.0 Å². The quantitative estimate of drug-likeness (QED) is 0.672. The summed E-state index contributed by atoms with van der Waals surface area (Å²) in [6.45, 7) is 5.82. The number of amides is 1. The Kier molecular flexibility index (Phi) is 7.56. The molecule has 2 aromatic rings. The van der Waals surface area contributed by atoms with Crippen molar-refractivity contribution in [2.45, 2.75) is 32.8 Å². The molecule has 0 unspecified atom stereocenters. The normalized spacial score (nSPS) is 15.5. The van der Waals surface area contributed by atoms with Crippen LogP contribution in [-0.2, 0) is 10.0 Å². The van der Waals surface area contributed by atoms with Crippen molar-refractivity contribution in [1.29, 1.82) is 0 Å². The standard InChI is InChI=1S/C23H31N3O4S/c1-4-26(31(28,29)5-2)20-10-6-18(7-11-20)23(27)24-19-8-12-21(13-9-19)30-22-14-16-25(3)17-15-22/h6-13,22H,4-5,14-17H2,1-3H3,(H,24,27). The van der Waals surface area contributed by atoms with Gasteiger partial charge in [-0.15, -0.1) is 0 Å². The van der Waals surface area contributed by atoms with Crippen LogP contribution in [0.3, 0.4) is 0 Å². The van der Waals surface area contributed by atoms with Gasteiger partial charge in [0.1, 0.15) is 11.9 Å². The minimum absolute atomic E-state index is 0.0284. The maximum Gasteiger partial charge on any atom is 0.255 e. The molecule has 1 aliphatic rings. The minimum atomic E-state index is -3.34. The van der Waals surface area contributed by atoms with E-state index < -0.39 is 10.0 Å². The third-order valence-electron chi connectivity index (χ3n) is 5.49. The molecule has 1 heterocycles. The van der Waals surface area contributed by atoms with E-state index in [4.69, 9.17) is 4.74 Å². The molecule has 0 saturated carbocycles. The molecule has 0 bridgehead atoms. The van der Waals surface area contributed by atoms with Crippen LogP contribution < -0.4 is 14.4 Å². The van der Waals surface area contributed by atoms with Gasteiger partial charge in [-0.3, -0.25) is 9.10 Å². The van der Waals surface area contributed by atoms with E-state index in [1.807, 2.05) is 24.3 Å². The average Bonchev–Trinajstić information content (AvgIpc) is 2.77. The van der Waals surface area contributed by atoms with Crippen molar-refractivity contribution in [3.63, 3.8) is 0 Å². The number of sulfonamides is 1. The number of benzene rings is 2. The second-order valence-corrected chi connectivity index (χ2v) is 9.89. The maximum atomic E-state index is 12.6. The summed E-state index contributed by atoms with van der Waals surface area (Å²) in [7, 11) is -1.23. The Hall–Kier alpha value is -2.58. The summed E-state index contributed by atoms with van der Waals surface area (Å²) < 4.78 is 31.8. The molecule has 0 aliphatic carbocycles. The zero-order valence-corrected chi connectivity index (χ0v) is 19.2. The Morgan fingerprint density at radius 1 is 1.06 bits per heavy atom. The minimum Gasteiger partial charge on any atom is -0.490 e. The van der Waals surface area contributed by atoms with Gasteiger partial charge in [-0.05, 0) is 82.3 Å². The number of nitrogens with one attached hydrogen (secondary N) is 1. The summed E-state index contributed by atoms with van der Waals surface area (Å²) in [4.78, 5) is 14.9.